The molecule has 3 heteroatoms. The van der Waals surface area contributed by atoms with Crippen LogP contribution in [0.1, 0.15) is 49.8 Å². The average molecular weight is 205 g/mol. The van der Waals surface area contributed by atoms with Gasteiger partial charge in [-0.1, -0.05) is 6.42 Å². The van der Waals surface area contributed by atoms with Gasteiger partial charge in [0.05, 0.1) is 11.7 Å². The number of nitrogens with two attached hydrogens (primary N) is 1. The van der Waals surface area contributed by atoms with Gasteiger partial charge in [-0.05, 0) is 44.2 Å². The smallest absolute Gasteiger partial charge is 0.0655 e. The lowest BCUT2D eigenvalue weighted by Crippen LogP contribution is -2.22. The molecule has 2 unspecified atom stereocenters. The second-order valence-corrected chi connectivity index (χ2v) is 4.99. The molecular formula is C12H19N3. The molecule has 2 aliphatic rings. The molecule has 0 bridgehead atoms. The van der Waals surface area contributed by atoms with E-state index in [2.05, 4.69) is 16.9 Å². The fourth-order valence-corrected chi connectivity index (χ4v) is 2.77. The second kappa shape index (κ2) is 3.63. The fraction of sp³-hybridized carbons (Fsp3) is 0.750. The number of rotatable bonds is 3. The Morgan fingerprint density at radius 1 is 1.33 bits per heavy atom. The van der Waals surface area contributed by atoms with Gasteiger partial charge in [0, 0.05) is 12.1 Å². The van der Waals surface area contributed by atoms with Crippen molar-refractivity contribution in [3.05, 3.63) is 18.0 Å². The Morgan fingerprint density at radius 3 is 2.93 bits per heavy atom. The van der Waals surface area contributed by atoms with E-state index < -0.39 is 0 Å². The van der Waals surface area contributed by atoms with Crippen molar-refractivity contribution < 1.29 is 0 Å². The van der Waals surface area contributed by atoms with Crippen LogP contribution in [-0.2, 0) is 0 Å². The number of nitrogens with zero attached hydrogens (tertiary/aromatic N) is 2. The molecule has 1 heterocycles. The summed E-state index contributed by atoms with van der Waals surface area (Å²) in [6, 6.07) is 2.77. The van der Waals surface area contributed by atoms with Crippen molar-refractivity contribution in [1.82, 2.24) is 9.78 Å². The van der Waals surface area contributed by atoms with E-state index in [1.165, 1.54) is 37.8 Å². The monoisotopic (exact) mass is 205 g/mol. The van der Waals surface area contributed by atoms with Crippen LogP contribution in [0, 0.1) is 5.92 Å². The predicted octanol–water partition coefficient (Wildman–Crippen LogP) is 2.06. The molecule has 1 aromatic heterocycles. The first-order valence-corrected chi connectivity index (χ1v) is 6.13. The van der Waals surface area contributed by atoms with Crippen molar-refractivity contribution in [3.63, 3.8) is 0 Å². The third kappa shape index (κ3) is 1.69. The highest BCUT2D eigenvalue weighted by molar-refractivity contribution is 5.13. The highest BCUT2D eigenvalue weighted by Crippen LogP contribution is 2.40. The van der Waals surface area contributed by atoms with Gasteiger partial charge in [-0.15, -0.1) is 0 Å². The van der Waals surface area contributed by atoms with Gasteiger partial charge in [0.25, 0.3) is 0 Å². The lowest BCUT2D eigenvalue weighted by Gasteiger charge is -2.18. The maximum absolute atomic E-state index is 5.80. The summed E-state index contributed by atoms with van der Waals surface area (Å²) in [7, 11) is 0. The van der Waals surface area contributed by atoms with Crippen molar-refractivity contribution in [2.24, 2.45) is 11.7 Å². The Bertz CT molecular complexity index is 340. The zero-order chi connectivity index (χ0) is 10.3. The van der Waals surface area contributed by atoms with Crippen molar-refractivity contribution in [2.75, 3.05) is 6.54 Å². The SMILES string of the molecule is NCC1CCCC1n1ccc(C2CC2)n1. The largest absolute Gasteiger partial charge is 0.330 e. The quantitative estimate of drug-likeness (QED) is 0.820. The maximum Gasteiger partial charge on any atom is 0.0655 e. The van der Waals surface area contributed by atoms with Crippen molar-refractivity contribution in [3.8, 4) is 0 Å². The minimum Gasteiger partial charge on any atom is -0.330 e. The molecule has 0 radical (unpaired) electrons. The van der Waals surface area contributed by atoms with E-state index in [9.17, 15) is 0 Å². The van der Waals surface area contributed by atoms with Crippen LogP contribution in [0.5, 0.6) is 0 Å². The van der Waals surface area contributed by atoms with Crippen molar-refractivity contribution in [2.45, 2.75) is 44.1 Å². The Morgan fingerprint density at radius 2 is 2.20 bits per heavy atom. The molecule has 0 amide bonds. The third-order valence-corrected chi connectivity index (χ3v) is 3.89. The molecule has 3 nitrogen and oxygen atoms in total. The van der Waals surface area contributed by atoms with Crippen LogP contribution in [0.3, 0.4) is 0 Å². The van der Waals surface area contributed by atoms with Crippen LogP contribution in [0.15, 0.2) is 12.3 Å². The molecule has 2 fully saturated rings. The number of aromatic nitrogens is 2. The standard InChI is InChI=1S/C12H19N3/c13-8-10-2-1-3-12(10)15-7-6-11(14-15)9-4-5-9/h6-7,9-10,12H,1-5,8,13H2. The van der Waals surface area contributed by atoms with Crippen LogP contribution in [0.25, 0.3) is 0 Å². The van der Waals surface area contributed by atoms with Gasteiger partial charge < -0.3 is 5.73 Å². The van der Waals surface area contributed by atoms with Crippen LogP contribution in [-0.4, -0.2) is 16.3 Å². The molecule has 1 aromatic rings. The molecule has 15 heavy (non-hydrogen) atoms. The summed E-state index contributed by atoms with van der Waals surface area (Å²) in [5.41, 5.74) is 7.10. The summed E-state index contributed by atoms with van der Waals surface area (Å²) in [4.78, 5) is 0. The zero-order valence-corrected chi connectivity index (χ0v) is 9.10. The molecule has 0 spiro atoms. The Kier molecular flexibility index (Phi) is 2.28. The van der Waals surface area contributed by atoms with Gasteiger partial charge in [-0.3, -0.25) is 4.68 Å². The maximum atomic E-state index is 5.80. The predicted molar refractivity (Wildman–Crippen MR) is 59.6 cm³/mol. The minimum atomic E-state index is 0.572. The van der Waals surface area contributed by atoms with E-state index in [4.69, 9.17) is 10.8 Å². The molecule has 2 N–H and O–H groups in total. The number of hydrogen-bond donors (Lipinski definition) is 1. The third-order valence-electron chi connectivity index (χ3n) is 3.89. The Labute approximate surface area is 90.7 Å². The van der Waals surface area contributed by atoms with Crippen molar-refractivity contribution in [1.29, 1.82) is 0 Å². The topological polar surface area (TPSA) is 43.8 Å². The molecule has 3 rings (SSSR count). The first kappa shape index (κ1) is 9.40. The van der Waals surface area contributed by atoms with E-state index in [1.807, 2.05) is 0 Å². The molecular weight excluding hydrogens is 186 g/mol. The lowest BCUT2D eigenvalue weighted by molar-refractivity contribution is 0.356. The summed E-state index contributed by atoms with van der Waals surface area (Å²) < 4.78 is 2.18. The van der Waals surface area contributed by atoms with Gasteiger partial charge in [-0.25, -0.2) is 0 Å². The molecule has 2 atom stereocenters. The summed E-state index contributed by atoms with van der Waals surface area (Å²) in [6.07, 6.45) is 8.68. The molecule has 82 valence electrons. The normalized spacial score (nSPS) is 31.0. The Balaban J connectivity index is 1.78. The first-order valence-electron chi connectivity index (χ1n) is 6.13. The molecule has 0 saturated heterocycles. The van der Waals surface area contributed by atoms with E-state index in [1.54, 1.807) is 0 Å². The van der Waals surface area contributed by atoms with E-state index in [0.29, 0.717) is 12.0 Å². The number of hydrogen-bond acceptors (Lipinski definition) is 2. The van der Waals surface area contributed by atoms with Gasteiger partial charge >= 0.3 is 0 Å². The van der Waals surface area contributed by atoms with Crippen LogP contribution < -0.4 is 5.73 Å². The van der Waals surface area contributed by atoms with Gasteiger partial charge in [0.2, 0.25) is 0 Å². The molecule has 0 aromatic carbocycles. The Hall–Kier alpha value is -0.830. The lowest BCUT2D eigenvalue weighted by atomic mass is 10.0. The fourth-order valence-electron chi connectivity index (χ4n) is 2.77. The van der Waals surface area contributed by atoms with Gasteiger partial charge in [-0.2, -0.15) is 5.10 Å². The van der Waals surface area contributed by atoms with Gasteiger partial charge in [0.15, 0.2) is 0 Å². The minimum absolute atomic E-state index is 0.572. The average Bonchev–Trinajstić information content (AvgIpc) is 2.83. The highest BCUT2D eigenvalue weighted by Gasteiger charge is 2.30. The van der Waals surface area contributed by atoms with Crippen LogP contribution >= 0.6 is 0 Å². The van der Waals surface area contributed by atoms with Crippen LogP contribution in [0.2, 0.25) is 0 Å². The molecule has 2 aliphatic carbocycles. The first-order chi connectivity index (χ1) is 7.38. The van der Waals surface area contributed by atoms with Crippen LogP contribution in [0.4, 0.5) is 0 Å². The highest BCUT2D eigenvalue weighted by atomic mass is 15.3. The zero-order valence-electron chi connectivity index (χ0n) is 9.10. The summed E-state index contributed by atoms with van der Waals surface area (Å²) >= 11 is 0. The van der Waals surface area contributed by atoms with Gasteiger partial charge in [0.1, 0.15) is 0 Å². The second-order valence-electron chi connectivity index (χ2n) is 4.99. The summed E-state index contributed by atoms with van der Waals surface area (Å²) in [5.74, 6) is 1.42. The molecule has 0 aliphatic heterocycles. The van der Waals surface area contributed by atoms with Crippen molar-refractivity contribution >= 4 is 0 Å². The summed E-state index contributed by atoms with van der Waals surface area (Å²) in [5, 5.41) is 4.71. The van der Waals surface area contributed by atoms with E-state index in [-0.39, 0.29) is 0 Å². The summed E-state index contributed by atoms with van der Waals surface area (Å²) in [6.45, 7) is 0.809. The van der Waals surface area contributed by atoms with E-state index >= 15 is 0 Å². The van der Waals surface area contributed by atoms with E-state index in [0.717, 1.165) is 12.5 Å². The molecule has 2 saturated carbocycles.